The van der Waals surface area contributed by atoms with Gasteiger partial charge in [-0.05, 0) is 31.2 Å². The number of piperazine rings is 1. The number of quaternary nitrogens is 3. The molecule has 0 radical (unpaired) electrons. The molecule has 0 bridgehead atoms. The summed E-state index contributed by atoms with van der Waals surface area (Å²) in [6.07, 6.45) is 0.223. The molecule has 4 N–H and O–H groups in total. The molecule has 0 unspecified atom stereocenters. The molecule has 8 heteroatoms. The van der Waals surface area contributed by atoms with E-state index in [1.54, 1.807) is 41.0 Å². The van der Waals surface area contributed by atoms with Crippen molar-refractivity contribution in [2.75, 3.05) is 57.8 Å². The first-order valence-electron chi connectivity index (χ1n) is 10.1. The third-order valence-corrected chi connectivity index (χ3v) is 5.58. The summed E-state index contributed by atoms with van der Waals surface area (Å²) in [4.78, 5) is 41.3. The average Bonchev–Trinajstić information content (AvgIpc) is 2.97. The summed E-state index contributed by atoms with van der Waals surface area (Å²) >= 11 is 0. The minimum atomic E-state index is -0.410. The fraction of sp³-hybridized carbons (Fsp3) is 0.550. The minimum Gasteiger partial charge on any atom is -0.462 e. The molecule has 1 aromatic carbocycles. The lowest BCUT2D eigenvalue weighted by atomic mass is 10.2. The summed E-state index contributed by atoms with van der Waals surface area (Å²) in [5.74, 6) is -0.773. The van der Waals surface area contributed by atoms with E-state index in [0.717, 1.165) is 26.2 Å². The highest BCUT2D eigenvalue weighted by Crippen LogP contribution is 2.22. The van der Waals surface area contributed by atoms with E-state index in [2.05, 4.69) is 7.05 Å². The van der Waals surface area contributed by atoms with Crippen LogP contribution in [0.15, 0.2) is 24.3 Å². The summed E-state index contributed by atoms with van der Waals surface area (Å²) in [5.41, 5.74) is 0.913. The number of carbonyl (C=O) groups excluding carboxylic acids is 3. The molecule has 152 valence electrons. The van der Waals surface area contributed by atoms with Crippen molar-refractivity contribution in [3.8, 4) is 0 Å². The Bertz CT molecular complexity index is 713. The van der Waals surface area contributed by atoms with Gasteiger partial charge in [0.15, 0.2) is 6.04 Å². The largest absolute Gasteiger partial charge is 0.462 e. The number of nitrogens with zero attached hydrogens (tertiary/aromatic N) is 1. The topological polar surface area (TPSA) is 89.2 Å². The molecule has 2 fully saturated rings. The van der Waals surface area contributed by atoms with E-state index in [-0.39, 0.29) is 24.3 Å². The predicted octanol–water partition coefficient (Wildman–Crippen LogP) is -3.53. The number of hydrogen-bond acceptors (Lipinski definition) is 4. The Morgan fingerprint density at radius 2 is 1.86 bits per heavy atom. The number of carbonyl (C=O) groups is 3. The maximum absolute atomic E-state index is 12.7. The molecule has 2 aliphatic heterocycles. The number of imide groups is 1. The van der Waals surface area contributed by atoms with Gasteiger partial charge in [-0.2, -0.15) is 0 Å². The van der Waals surface area contributed by atoms with Crippen LogP contribution in [0.4, 0.5) is 5.69 Å². The molecular weight excluding hydrogens is 360 g/mol. The van der Waals surface area contributed by atoms with Gasteiger partial charge in [-0.15, -0.1) is 0 Å². The van der Waals surface area contributed by atoms with E-state index in [4.69, 9.17) is 4.74 Å². The Labute approximate surface area is 165 Å². The Kier molecular flexibility index (Phi) is 6.77. The molecular formula is C20H31N4O4+3. The van der Waals surface area contributed by atoms with Gasteiger partial charge >= 0.3 is 5.97 Å². The van der Waals surface area contributed by atoms with E-state index in [9.17, 15) is 14.4 Å². The highest BCUT2D eigenvalue weighted by Gasteiger charge is 2.42. The minimum absolute atomic E-state index is 0.174. The molecule has 2 aliphatic rings. The van der Waals surface area contributed by atoms with Gasteiger partial charge < -0.3 is 19.9 Å². The van der Waals surface area contributed by atoms with Crippen molar-refractivity contribution >= 4 is 23.5 Å². The van der Waals surface area contributed by atoms with Gasteiger partial charge in [0.05, 0.1) is 31.3 Å². The predicted molar refractivity (Wildman–Crippen MR) is 102 cm³/mol. The second-order valence-corrected chi connectivity index (χ2v) is 7.63. The quantitative estimate of drug-likeness (QED) is 0.332. The van der Waals surface area contributed by atoms with Gasteiger partial charge in [-0.25, -0.2) is 9.69 Å². The van der Waals surface area contributed by atoms with Gasteiger partial charge in [0.25, 0.3) is 5.91 Å². The van der Waals surface area contributed by atoms with Crippen molar-refractivity contribution in [1.82, 2.24) is 0 Å². The van der Waals surface area contributed by atoms with Crippen LogP contribution in [0.1, 0.15) is 23.7 Å². The van der Waals surface area contributed by atoms with E-state index < -0.39 is 5.97 Å². The van der Waals surface area contributed by atoms with E-state index in [1.165, 1.54) is 18.0 Å². The Morgan fingerprint density at radius 3 is 2.50 bits per heavy atom. The van der Waals surface area contributed by atoms with Crippen LogP contribution in [-0.2, 0) is 14.3 Å². The first-order chi connectivity index (χ1) is 13.5. The average molecular weight is 391 g/mol. The van der Waals surface area contributed by atoms with Crippen LogP contribution in [0.2, 0.25) is 0 Å². The maximum Gasteiger partial charge on any atom is 0.338 e. The standard InChI is InChI=1S/C20H28N4O4/c1-3-28-20(27)15-4-6-16(7-5-15)24-18(25)14-17(19(24)26)21-8-9-23-12-10-22(2)11-13-23/h4-7,17,21H,3,8-14H2,1-2H3/p+3/t17-/m1/s1. The lowest BCUT2D eigenvalue weighted by molar-refractivity contribution is -1.01. The zero-order valence-electron chi connectivity index (χ0n) is 16.7. The van der Waals surface area contributed by atoms with Crippen LogP contribution in [0.25, 0.3) is 0 Å². The molecule has 1 aromatic rings. The van der Waals surface area contributed by atoms with Crippen molar-refractivity contribution in [3.05, 3.63) is 29.8 Å². The molecule has 0 aromatic heterocycles. The summed E-state index contributed by atoms with van der Waals surface area (Å²) in [6.45, 7) is 8.60. The highest BCUT2D eigenvalue weighted by atomic mass is 16.5. The van der Waals surface area contributed by atoms with Crippen molar-refractivity contribution in [1.29, 1.82) is 0 Å². The van der Waals surface area contributed by atoms with E-state index in [0.29, 0.717) is 17.9 Å². The first-order valence-corrected chi connectivity index (χ1v) is 10.1. The number of amides is 2. The molecule has 2 saturated heterocycles. The van der Waals surface area contributed by atoms with Crippen LogP contribution < -0.4 is 20.0 Å². The van der Waals surface area contributed by atoms with Crippen LogP contribution in [-0.4, -0.2) is 76.7 Å². The Balaban J connectivity index is 1.53. The lowest BCUT2D eigenvalue weighted by Crippen LogP contribution is -3.27. The third-order valence-electron chi connectivity index (χ3n) is 5.58. The molecule has 1 atom stereocenters. The van der Waals surface area contributed by atoms with Crippen molar-refractivity contribution < 1.29 is 34.2 Å². The highest BCUT2D eigenvalue weighted by molar-refractivity contribution is 6.21. The van der Waals surface area contributed by atoms with E-state index in [1.807, 2.05) is 5.32 Å². The second kappa shape index (κ2) is 9.27. The SMILES string of the molecule is CCOC(=O)c1ccc(N2C(=O)C[C@@H]([NH2+]CC[NH+]3CC[NH+](C)CC3)C2=O)cc1. The number of nitrogens with one attached hydrogen (secondary N) is 2. The second-order valence-electron chi connectivity index (χ2n) is 7.63. The molecule has 2 heterocycles. The van der Waals surface area contributed by atoms with Gasteiger partial charge in [0.2, 0.25) is 5.91 Å². The number of esters is 1. The molecule has 0 aliphatic carbocycles. The maximum atomic E-state index is 12.7. The third kappa shape index (κ3) is 4.76. The Morgan fingerprint density at radius 1 is 1.18 bits per heavy atom. The van der Waals surface area contributed by atoms with Gasteiger partial charge in [0.1, 0.15) is 39.3 Å². The zero-order valence-corrected chi connectivity index (χ0v) is 16.7. The number of likely N-dealkylation sites (N-methyl/N-ethyl adjacent to an activating group) is 1. The molecule has 0 saturated carbocycles. The van der Waals surface area contributed by atoms with Crippen LogP contribution in [0, 0.1) is 0 Å². The normalized spacial score (nSPS) is 25.2. The molecule has 8 nitrogen and oxygen atoms in total. The first kappa shape index (κ1) is 20.4. The number of rotatable bonds is 7. The number of nitrogens with two attached hydrogens (primary N) is 1. The Hall–Kier alpha value is -2.29. The van der Waals surface area contributed by atoms with Crippen molar-refractivity contribution in [3.63, 3.8) is 0 Å². The molecule has 28 heavy (non-hydrogen) atoms. The summed E-state index contributed by atoms with van der Waals surface area (Å²) < 4.78 is 4.96. The van der Waals surface area contributed by atoms with Crippen LogP contribution >= 0.6 is 0 Å². The number of ether oxygens (including phenoxy) is 1. The molecule has 2 amide bonds. The smallest absolute Gasteiger partial charge is 0.338 e. The van der Waals surface area contributed by atoms with Crippen molar-refractivity contribution in [2.24, 2.45) is 0 Å². The molecule has 0 spiro atoms. The summed E-state index contributed by atoms with van der Waals surface area (Å²) in [5, 5.41) is 2.01. The molecule has 3 rings (SSSR count). The van der Waals surface area contributed by atoms with Gasteiger partial charge in [0, 0.05) is 0 Å². The number of anilines is 1. The van der Waals surface area contributed by atoms with Gasteiger partial charge in [-0.3, -0.25) is 9.59 Å². The monoisotopic (exact) mass is 391 g/mol. The van der Waals surface area contributed by atoms with Crippen LogP contribution in [0.5, 0.6) is 0 Å². The fourth-order valence-corrected chi connectivity index (χ4v) is 3.84. The lowest BCUT2D eigenvalue weighted by Gasteiger charge is -2.26. The summed E-state index contributed by atoms with van der Waals surface area (Å²) in [6, 6.07) is 6.07. The van der Waals surface area contributed by atoms with Crippen molar-refractivity contribution in [2.45, 2.75) is 19.4 Å². The number of hydrogen-bond donors (Lipinski definition) is 3. The fourth-order valence-electron chi connectivity index (χ4n) is 3.84. The van der Waals surface area contributed by atoms with Gasteiger partial charge in [-0.1, -0.05) is 0 Å². The zero-order chi connectivity index (χ0) is 20.1. The van der Waals surface area contributed by atoms with Crippen LogP contribution in [0.3, 0.4) is 0 Å². The van der Waals surface area contributed by atoms with E-state index >= 15 is 0 Å². The summed E-state index contributed by atoms with van der Waals surface area (Å²) in [7, 11) is 2.22. The number of benzene rings is 1.